The Labute approximate surface area is 94.4 Å². The summed E-state index contributed by atoms with van der Waals surface area (Å²) in [4.78, 5) is 0. The maximum atomic E-state index is 13.0. The van der Waals surface area contributed by atoms with Crippen LogP contribution >= 0.6 is 0 Å². The van der Waals surface area contributed by atoms with E-state index in [1.54, 1.807) is 6.07 Å². The third kappa shape index (κ3) is 2.49. The number of hydrogen-bond donors (Lipinski definition) is 2. The Morgan fingerprint density at radius 1 is 1.38 bits per heavy atom. The summed E-state index contributed by atoms with van der Waals surface area (Å²) < 4.78 is 13.0. The zero-order valence-electron chi connectivity index (χ0n) is 8.99. The van der Waals surface area contributed by atoms with Crippen molar-refractivity contribution >= 4 is 0 Å². The van der Waals surface area contributed by atoms with E-state index in [9.17, 15) is 4.39 Å². The third-order valence-electron chi connectivity index (χ3n) is 2.75. The molecular formula is C13H15FN2. The zero-order valence-corrected chi connectivity index (χ0v) is 8.99. The fraction of sp³-hybridized carbons (Fsp3) is 0.231. The molecule has 3 heteroatoms. The lowest BCUT2D eigenvalue weighted by atomic mass is 9.85. The van der Waals surface area contributed by atoms with Gasteiger partial charge in [-0.25, -0.2) is 4.39 Å². The van der Waals surface area contributed by atoms with E-state index in [2.05, 4.69) is 0 Å². The maximum Gasteiger partial charge on any atom is 0.123 e. The lowest BCUT2D eigenvalue weighted by molar-refractivity contribution is 0.522. The molecule has 0 saturated carbocycles. The van der Waals surface area contributed by atoms with Gasteiger partial charge in [-0.2, -0.15) is 0 Å². The van der Waals surface area contributed by atoms with Crippen molar-refractivity contribution in [1.29, 1.82) is 0 Å². The average molecular weight is 218 g/mol. The first-order valence-electron chi connectivity index (χ1n) is 5.26. The maximum absolute atomic E-state index is 13.0. The first-order valence-corrected chi connectivity index (χ1v) is 5.26. The molecule has 0 aliphatic heterocycles. The van der Waals surface area contributed by atoms with Gasteiger partial charge in [0, 0.05) is 11.2 Å². The van der Waals surface area contributed by atoms with Gasteiger partial charge >= 0.3 is 0 Å². The second-order valence-corrected chi connectivity index (χ2v) is 4.28. The highest BCUT2D eigenvalue weighted by Crippen LogP contribution is 2.21. The van der Waals surface area contributed by atoms with Gasteiger partial charge in [-0.1, -0.05) is 24.3 Å². The quantitative estimate of drug-likeness (QED) is 0.796. The SMILES string of the molecule is NC1=CCC(N)(Cc2cccc(F)c2)C=C1. The molecule has 4 N–H and O–H groups in total. The Morgan fingerprint density at radius 2 is 2.19 bits per heavy atom. The third-order valence-corrected chi connectivity index (χ3v) is 2.75. The summed E-state index contributed by atoms with van der Waals surface area (Å²) in [7, 11) is 0. The van der Waals surface area contributed by atoms with Crippen LogP contribution in [-0.4, -0.2) is 5.54 Å². The number of nitrogens with two attached hydrogens (primary N) is 2. The second-order valence-electron chi connectivity index (χ2n) is 4.28. The minimum atomic E-state index is -0.448. The van der Waals surface area contributed by atoms with E-state index < -0.39 is 5.54 Å². The molecule has 0 amide bonds. The number of benzene rings is 1. The fourth-order valence-corrected chi connectivity index (χ4v) is 1.86. The van der Waals surface area contributed by atoms with E-state index in [-0.39, 0.29) is 5.82 Å². The second kappa shape index (κ2) is 4.10. The van der Waals surface area contributed by atoms with Gasteiger partial charge in [0.25, 0.3) is 0 Å². The van der Waals surface area contributed by atoms with Crippen molar-refractivity contribution in [3.63, 3.8) is 0 Å². The molecule has 0 spiro atoms. The first kappa shape index (κ1) is 10.9. The molecule has 0 aromatic heterocycles. The average Bonchev–Trinajstić information content (AvgIpc) is 2.23. The summed E-state index contributed by atoms with van der Waals surface area (Å²) in [5.74, 6) is -0.226. The molecule has 0 fully saturated rings. The van der Waals surface area contributed by atoms with Crippen molar-refractivity contribution in [2.75, 3.05) is 0 Å². The smallest absolute Gasteiger partial charge is 0.123 e. The summed E-state index contributed by atoms with van der Waals surface area (Å²) in [6, 6.07) is 6.53. The van der Waals surface area contributed by atoms with Crippen LogP contribution < -0.4 is 11.5 Å². The minimum absolute atomic E-state index is 0.226. The van der Waals surface area contributed by atoms with Crippen molar-refractivity contribution in [2.24, 2.45) is 11.5 Å². The molecule has 0 heterocycles. The molecule has 1 atom stereocenters. The fourth-order valence-electron chi connectivity index (χ4n) is 1.86. The summed E-state index contributed by atoms with van der Waals surface area (Å²) in [5.41, 5.74) is 13.0. The van der Waals surface area contributed by atoms with Crippen LogP contribution in [0.25, 0.3) is 0 Å². The zero-order chi connectivity index (χ0) is 11.6. The predicted octanol–water partition coefficient (Wildman–Crippen LogP) is 1.87. The molecule has 0 saturated heterocycles. The molecule has 2 rings (SSSR count). The normalized spacial score (nSPS) is 24.2. The van der Waals surface area contributed by atoms with Crippen molar-refractivity contribution in [2.45, 2.75) is 18.4 Å². The van der Waals surface area contributed by atoms with Gasteiger partial charge in [0.1, 0.15) is 5.82 Å². The standard InChI is InChI=1S/C13H15FN2/c14-11-3-1-2-10(8-11)9-13(16)6-4-12(15)5-7-13/h1-6,8H,7,9,15-16H2. The summed E-state index contributed by atoms with van der Waals surface area (Å²) in [6.45, 7) is 0. The van der Waals surface area contributed by atoms with E-state index in [0.29, 0.717) is 12.8 Å². The molecule has 0 radical (unpaired) electrons. The van der Waals surface area contributed by atoms with E-state index in [1.807, 2.05) is 24.3 Å². The molecule has 84 valence electrons. The molecule has 0 bridgehead atoms. The molecule has 1 aromatic rings. The van der Waals surface area contributed by atoms with E-state index in [4.69, 9.17) is 11.5 Å². The molecule has 1 unspecified atom stereocenters. The molecular weight excluding hydrogens is 203 g/mol. The largest absolute Gasteiger partial charge is 0.399 e. The van der Waals surface area contributed by atoms with Gasteiger partial charge in [-0.15, -0.1) is 0 Å². The number of hydrogen-bond acceptors (Lipinski definition) is 2. The predicted molar refractivity (Wildman–Crippen MR) is 63.0 cm³/mol. The lowest BCUT2D eigenvalue weighted by Crippen LogP contribution is -2.40. The summed E-state index contributed by atoms with van der Waals surface area (Å²) in [6.07, 6.45) is 6.91. The first-order chi connectivity index (χ1) is 7.57. The van der Waals surface area contributed by atoms with Gasteiger partial charge in [0.2, 0.25) is 0 Å². The Bertz CT molecular complexity index is 451. The van der Waals surface area contributed by atoms with Crippen molar-refractivity contribution in [1.82, 2.24) is 0 Å². The molecule has 1 aromatic carbocycles. The molecule has 2 nitrogen and oxygen atoms in total. The van der Waals surface area contributed by atoms with Crippen LogP contribution in [0.3, 0.4) is 0 Å². The monoisotopic (exact) mass is 218 g/mol. The van der Waals surface area contributed by atoms with Gasteiger partial charge in [0.15, 0.2) is 0 Å². The van der Waals surface area contributed by atoms with E-state index in [1.165, 1.54) is 12.1 Å². The van der Waals surface area contributed by atoms with Crippen molar-refractivity contribution in [3.05, 3.63) is 59.6 Å². The van der Waals surface area contributed by atoms with Crippen LogP contribution in [0.1, 0.15) is 12.0 Å². The molecule has 1 aliphatic rings. The number of rotatable bonds is 2. The highest BCUT2D eigenvalue weighted by Gasteiger charge is 2.23. The van der Waals surface area contributed by atoms with Crippen LogP contribution in [0.4, 0.5) is 4.39 Å². The number of allylic oxidation sites excluding steroid dienone is 1. The van der Waals surface area contributed by atoms with Gasteiger partial charge in [-0.05, 0) is 36.6 Å². The molecule has 16 heavy (non-hydrogen) atoms. The summed E-state index contributed by atoms with van der Waals surface area (Å²) in [5, 5.41) is 0. The van der Waals surface area contributed by atoms with E-state index in [0.717, 1.165) is 11.3 Å². The number of halogens is 1. The van der Waals surface area contributed by atoms with Crippen LogP contribution in [-0.2, 0) is 6.42 Å². The Morgan fingerprint density at radius 3 is 2.81 bits per heavy atom. The van der Waals surface area contributed by atoms with Crippen LogP contribution in [0.5, 0.6) is 0 Å². The van der Waals surface area contributed by atoms with Crippen LogP contribution in [0.15, 0.2) is 48.2 Å². The topological polar surface area (TPSA) is 52.0 Å². The van der Waals surface area contributed by atoms with Gasteiger partial charge in [0.05, 0.1) is 0 Å². The van der Waals surface area contributed by atoms with Crippen molar-refractivity contribution < 1.29 is 4.39 Å². The molecule has 1 aliphatic carbocycles. The van der Waals surface area contributed by atoms with Gasteiger partial charge in [-0.3, -0.25) is 0 Å². The van der Waals surface area contributed by atoms with Crippen LogP contribution in [0, 0.1) is 5.82 Å². The van der Waals surface area contributed by atoms with Crippen molar-refractivity contribution in [3.8, 4) is 0 Å². The van der Waals surface area contributed by atoms with Gasteiger partial charge < -0.3 is 11.5 Å². The Hall–Kier alpha value is -1.61. The highest BCUT2D eigenvalue weighted by molar-refractivity contribution is 5.30. The Kier molecular flexibility index (Phi) is 2.79. The summed E-state index contributed by atoms with van der Waals surface area (Å²) >= 11 is 0. The van der Waals surface area contributed by atoms with Crippen LogP contribution in [0.2, 0.25) is 0 Å². The van der Waals surface area contributed by atoms with E-state index >= 15 is 0 Å². The Balaban J connectivity index is 2.13. The highest BCUT2D eigenvalue weighted by atomic mass is 19.1. The lowest BCUT2D eigenvalue weighted by Gasteiger charge is -2.27. The minimum Gasteiger partial charge on any atom is -0.399 e.